The highest BCUT2D eigenvalue weighted by atomic mass is 16.2. The third kappa shape index (κ3) is 3.55. The van der Waals surface area contributed by atoms with Crippen molar-refractivity contribution in [3.05, 3.63) is 30.3 Å². The van der Waals surface area contributed by atoms with Gasteiger partial charge in [0.15, 0.2) is 0 Å². The molecule has 1 aliphatic heterocycles. The molecule has 0 radical (unpaired) electrons. The molecule has 1 aliphatic rings. The van der Waals surface area contributed by atoms with E-state index < -0.39 is 0 Å². The minimum Gasteiger partial charge on any atom is -0.326 e. The summed E-state index contributed by atoms with van der Waals surface area (Å²) >= 11 is 0. The van der Waals surface area contributed by atoms with Crippen LogP contribution in [0, 0.1) is 5.92 Å². The number of piperidine rings is 1. The predicted molar refractivity (Wildman–Crippen MR) is 77.9 cm³/mol. The molecular weight excluding hydrogens is 238 g/mol. The molecule has 3 N–H and O–H groups in total. The largest absolute Gasteiger partial charge is 0.326 e. The van der Waals surface area contributed by atoms with Gasteiger partial charge in [-0.25, -0.2) is 0 Å². The summed E-state index contributed by atoms with van der Waals surface area (Å²) in [6, 6.07) is 9.59. The van der Waals surface area contributed by atoms with Gasteiger partial charge in [0.2, 0.25) is 5.91 Å². The average Bonchev–Trinajstić information content (AvgIpc) is 2.42. The normalized spacial score (nSPS) is 25.8. The maximum Gasteiger partial charge on any atom is 0.241 e. The number of nitrogens with zero attached hydrogens (tertiary/aromatic N) is 1. The van der Waals surface area contributed by atoms with Gasteiger partial charge in [-0.3, -0.25) is 9.69 Å². The van der Waals surface area contributed by atoms with Crippen LogP contribution in [0.2, 0.25) is 0 Å². The smallest absolute Gasteiger partial charge is 0.241 e. The SMILES string of the molecule is CC1CCN(C(C)C(=O)Nc2ccccc2)CC1N. The summed E-state index contributed by atoms with van der Waals surface area (Å²) < 4.78 is 0. The zero-order valence-corrected chi connectivity index (χ0v) is 11.7. The maximum atomic E-state index is 12.2. The summed E-state index contributed by atoms with van der Waals surface area (Å²) in [6.45, 7) is 5.86. The number of rotatable bonds is 3. The van der Waals surface area contributed by atoms with Crippen molar-refractivity contribution in [1.29, 1.82) is 0 Å². The highest BCUT2D eigenvalue weighted by Gasteiger charge is 2.29. The minimum atomic E-state index is -0.140. The molecule has 1 fully saturated rings. The first-order valence-electron chi connectivity index (χ1n) is 6.93. The number of hydrogen-bond donors (Lipinski definition) is 2. The Bertz CT molecular complexity index is 421. The van der Waals surface area contributed by atoms with Crippen molar-refractivity contribution in [1.82, 2.24) is 4.90 Å². The Kier molecular flexibility index (Phi) is 4.56. The lowest BCUT2D eigenvalue weighted by Crippen LogP contribution is -2.53. The Morgan fingerprint density at radius 3 is 2.74 bits per heavy atom. The summed E-state index contributed by atoms with van der Waals surface area (Å²) in [5.41, 5.74) is 6.93. The van der Waals surface area contributed by atoms with Crippen LogP contribution in [0.4, 0.5) is 5.69 Å². The third-order valence-electron chi connectivity index (χ3n) is 4.02. The molecule has 0 aromatic heterocycles. The van der Waals surface area contributed by atoms with Crippen LogP contribution in [0.15, 0.2) is 30.3 Å². The van der Waals surface area contributed by atoms with Crippen molar-refractivity contribution in [2.24, 2.45) is 11.7 Å². The second kappa shape index (κ2) is 6.17. The summed E-state index contributed by atoms with van der Waals surface area (Å²) in [4.78, 5) is 14.4. The molecule has 0 spiro atoms. The molecule has 1 amide bonds. The van der Waals surface area contributed by atoms with E-state index in [1.54, 1.807) is 0 Å². The van der Waals surface area contributed by atoms with Gasteiger partial charge in [0.05, 0.1) is 6.04 Å². The molecule has 3 unspecified atom stereocenters. The van der Waals surface area contributed by atoms with Gasteiger partial charge in [0, 0.05) is 18.3 Å². The molecule has 1 aromatic rings. The van der Waals surface area contributed by atoms with Crippen LogP contribution >= 0.6 is 0 Å². The van der Waals surface area contributed by atoms with E-state index in [1.807, 2.05) is 37.3 Å². The predicted octanol–water partition coefficient (Wildman–Crippen LogP) is 1.68. The number of para-hydroxylation sites is 1. The lowest BCUT2D eigenvalue weighted by Gasteiger charge is -2.37. The minimum absolute atomic E-state index is 0.0351. The number of likely N-dealkylation sites (tertiary alicyclic amines) is 1. The number of nitrogens with one attached hydrogen (secondary N) is 1. The van der Waals surface area contributed by atoms with Gasteiger partial charge in [-0.05, 0) is 37.9 Å². The van der Waals surface area contributed by atoms with E-state index in [0.29, 0.717) is 5.92 Å². The first-order chi connectivity index (χ1) is 9.08. The lowest BCUT2D eigenvalue weighted by molar-refractivity contribution is -0.121. The van der Waals surface area contributed by atoms with E-state index in [2.05, 4.69) is 17.1 Å². The molecule has 1 aromatic carbocycles. The lowest BCUT2D eigenvalue weighted by atomic mass is 9.93. The average molecular weight is 261 g/mol. The summed E-state index contributed by atoms with van der Waals surface area (Å²) in [5, 5.41) is 2.94. The molecule has 2 rings (SSSR count). The van der Waals surface area contributed by atoms with E-state index in [4.69, 9.17) is 5.73 Å². The topological polar surface area (TPSA) is 58.4 Å². The Balaban J connectivity index is 1.92. The molecule has 0 aliphatic carbocycles. The standard InChI is InChI=1S/C15H23N3O/c1-11-8-9-18(10-14(11)16)12(2)15(19)17-13-6-4-3-5-7-13/h3-7,11-12,14H,8-10,16H2,1-2H3,(H,17,19). The Morgan fingerprint density at radius 2 is 2.11 bits per heavy atom. The molecule has 4 nitrogen and oxygen atoms in total. The molecule has 3 atom stereocenters. The first kappa shape index (κ1) is 14.0. The summed E-state index contributed by atoms with van der Waals surface area (Å²) in [7, 11) is 0. The number of benzene rings is 1. The summed E-state index contributed by atoms with van der Waals surface area (Å²) in [6.07, 6.45) is 1.06. The van der Waals surface area contributed by atoms with Gasteiger partial charge >= 0.3 is 0 Å². The van der Waals surface area contributed by atoms with Crippen LogP contribution < -0.4 is 11.1 Å². The number of carbonyl (C=O) groups excluding carboxylic acids is 1. The van der Waals surface area contributed by atoms with Gasteiger partial charge in [-0.2, -0.15) is 0 Å². The van der Waals surface area contributed by atoms with Crippen LogP contribution in [0.25, 0.3) is 0 Å². The van der Waals surface area contributed by atoms with Crippen molar-refractivity contribution >= 4 is 11.6 Å². The molecule has 0 bridgehead atoms. The highest BCUT2D eigenvalue weighted by Crippen LogP contribution is 2.18. The van der Waals surface area contributed by atoms with Crippen LogP contribution in [0.1, 0.15) is 20.3 Å². The van der Waals surface area contributed by atoms with Crippen molar-refractivity contribution in [3.8, 4) is 0 Å². The van der Waals surface area contributed by atoms with E-state index >= 15 is 0 Å². The van der Waals surface area contributed by atoms with Crippen LogP contribution in [-0.2, 0) is 4.79 Å². The molecule has 4 heteroatoms. The third-order valence-corrected chi connectivity index (χ3v) is 4.02. The zero-order chi connectivity index (χ0) is 13.8. The quantitative estimate of drug-likeness (QED) is 0.870. The molecule has 104 valence electrons. The fraction of sp³-hybridized carbons (Fsp3) is 0.533. The molecule has 1 heterocycles. The van der Waals surface area contributed by atoms with Crippen molar-refractivity contribution in [2.75, 3.05) is 18.4 Å². The first-order valence-corrected chi connectivity index (χ1v) is 6.93. The van der Waals surface area contributed by atoms with Crippen molar-refractivity contribution in [2.45, 2.75) is 32.4 Å². The molecule has 19 heavy (non-hydrogen) atoms. The van der Waals surface area contributed by atoms with E-state index in [1.165, 1.54) is 0 Å². The van der Waals surface area contributed by atoms with Gasteiger partial charge < -0.3 is 11.1 Å². The second-order valence-corrected chi connectivity index (χ2v) is 5.46. The monoisotopic (exact) mass is 261 g/mol. The second-order valence-electron chi connectivity index (χ2n) is 5.46. The van der Waals surface area contributed by atoms with Gasteiger partial charge in [-0.1, -0.05) is 25.1 Å². The van der Waals surface area contributed by atoms with E-state index in [9.17, 15) is 4.79 Å². The Labute approximate surface area is 115 Å². The molecule has 1 saturated heterocycles. The summed E-state index contributed by atoms with van der Waals surface area (Å²) in [5.74, 6) is 0.577. The molecule has 0 saturated carbocycles. The van der Waals surface area contributed by atoms with Crippen molar-refractivity contribution < 1.29 is 4.79 Å². The van der Waals surface area contributed by atoms with E-state index in [-0.39, 0.29) is 18.0 Å². The van der Waals surface area contributed by atoms with Gasteiger partial charge in [0.1, 0.15) is 0 Å². The number of anilines is 1. The van der Waals surface area contributed by atoms with Gasteiger partial charge in [0.25, 0.3) is 0 Å². The number of carbonyl (C=O) groups is 1. The fourth-order valence-electron chi connectivity index (χ4n) is 2.41. The van der Waals surface area contributed by atoms with Gasteiger partial charge in [-0.15, -0.1) is 0 Å². The molecular formula is C15H23N3O. The number of amides is 1. The highest BCUT2D eigenvalue weighted by molar-refractivity contribution is 5.94. The maximum absolute atomic E-state index is 12.2. The fourth-order valence-corrected chi connectivity index (χ4v) is 2.41. The number of nitrogens with two attached hydrogens (primary N) is 1. The van der Waals surface area contributed by atoms with Crippen LogP contribution in [-0.4, -0.2) is 36.0 Å². The zero-order valence-electron chi connectivity index (χ0n) is 11.7. The Hall–Kier alpha value is -1.39. The van der Waals surface area contributed by atoms with Crippen molar-refractivity contribution in [3.63, 3.8) is 0 Å². The van der Waals surface area contributed by atoms with E-state index in [0.717, 1.165) is 25.2 Å². The van der Waals surface area contributed by atoms with Crippen LogP contribution in [0.3, 0.4) is 0 Å². The van der Waals surface area contributed by atoms with Crippen LogP contribution in [0.5, 0.6) is 0 Å². The Morgan fingerprint density at radius 1 is 1.42 bits per heavy atom. The number of hydrogen-bond acceptors (Lipinski definition) is 3.